The van der Waals surface area contributed by atoms with Crippen LogP contribution in [0.3, 0.4) is 0 Å². The molecule has 0 atom stereocenters. The van der Waals surface area contributed by atoms with Gasteiger partial charge in [0.1, 0.15) is 0 Å². The van der Waals surface area contributed by atoms with E-state index in [0.717, 1.165) is 17.8 Å². The first kappa shape index (κ1) is 24.8. The van der Waals surface area contributed by atoms with Crippen LogP contribution in [-0.2, 0) is 23.9 Å². The van der Waals surface area contributed by atoms with Crippen LogP contribution >= 0.6 is 0 Å². The molecule has 0 fully saturated rings. The Balaban J connectivity index is 1.72. The van der Waals surface area contributed by atoms with Crippen molar-refractivity contribution in [2.24, 2.45) is 0 Å². The number of carbonyl (C=O) groups excluding carboxylic acids is 2. The van der Waals surface area contributed by atoms with Crippen molar-refractivity contribution in [3.8, 4) is 0 Å². The number of alkyl halides is 3. The van der Waals surface area contributed by atoms with E-state index in [4.69, 9.17) is 4.74 Å². The van der Waals surface area contributed by atoms with Gasteiger partial charge in [-0.25, -0.2) is 9.59 Å². The van der Waals surface area contributed by atoms with Crippen LogP contribution in [0, 0.1) is 0 Å². The van der Waals surface area contributed by atoms with Crippen molar-refractivity contribution in [2.75, 3.05) is 18.5 Å². The van der Waals surface area contributed by atoms with Gasteiger partial charge in [-0.15, -0.1) is 0 Å². The molecule has 9 heteroatoms. The molecule has 2 amide bonds. The zero-order chi connectivity index (χ0) is 24.6. The summed E-state index contributed by atoms with van der Waals surface area (Å²) in [6.07, 6.45) is -2.30. The summed E-state index contributed by atoms with van der Waals surface area (Å²) in [7, 11) is 0. The van der Waals surface area contributed by atoms with Gasteiger partial charge in [-0.2, -0.15) is 13.2 Å². The Kier molecular flexibility index (Phi) is 8.24. The fraction of sp³-hybridized carbons (Fsp3) is 0.240. The SMILES string of the molecule is CCOC(=O)c1ccc(NC(=O)N(CCc2ccccn2)Cc2ccc(C(F)(F)F)cc2)cc1. The molecule has 0 bridgehead atoms. The quantitative estimate of drug-likeness (QED) is 0.437. The molecule has 34 heavy (non-hydrogen) atoms. The maximum atomic E-state index is 13.0. The summed E-state index contributed by atoms with van der Waals surface area (Å²) in [5, 5.41) is 2.77. The van der Waals surface area contributed by atoms with Gasteiger partial charge in [0.15, 0.2) is 0 Å². The van der Waals surface area contributed by atoms with Gasteiger partial charge in [-0.3, -0.25) is 4.98 Å². The highest BCUT2D eigenvalue weighted by atomic mass is 19.4. The third-order valence-electron chi connectivity index (χ3n) is 4.95. The molecule has 0 aliphatic heterocycles. The predicted molar refractivity (Wildman–Crippen MR) is 121 cm³/mol. The number of nitrogens with zero attached hydrogens (tertiary/aromatic N) is 2. The van der Waals surface area contributed by atoms with Crippen molar-refractivity contribution < 1.29 is 27.5 Å². The molecule has 1 heterocycles. The Bertz CT molecular complexity index is 1090. The molecule has 1 N–H and O–H groups in total. The van der Waals surface area contributed by atoms with E-state index in [1.54, 1.807) is 43.5 Å². The second-order valence-electron chi connectivity index (χ2n) is 7.42. The molecule has 1 aromatic heterocycles. The lowest BCUT2D eigenvalue weighted by molar-refractivity contribution is -0.137. The number of ether oxygens (including phenoxy) is 1. The Labute approximate surface area is 195 Å². The van der Waals surface area contributed by atoms with Crippen LogP contribution in [0.5, 0.6) is 0 Å². The minimum atomic E-state index is -4.43. The van der Waals surface area contributed by atoms with E-state index in [9.17, 15) is 22.8 Å². The molecule has 6 nitrogen and oxygen atoms in total. The molecule has 3 aromatic rings. The highest BCUT2D eigenvalue weighted by molar-refractivity contribution is 5.92. The molecule has 0 spiro atoms. The lowest BCUT2D eigenvalue weighted by Crippen LogP contribution is -2.36. The number of anilines is 1. The van der Waals surface area contributed by atoms with Crippen molar-refractivity contribution in [1.82, 2.24) is 9.88 Å². The van der Waals surface area contributed by atoms with Crippen LogP contribution in [0.15, 0.2) is 72.9 Å². The topological polar surface area (TPSA) is 71.5 Å². The average Bonchev–Trinajstić information content (AvgIpc) is 2.82. The van der Waals surface area contributed by atoms with Crippen molar-refractivity contribution >= 4 is 17.7 Å². The largest absolute Gasteiger partial charge is 0.462 e. The number of rotatable bonds is 8. The monoisotopic (exact) mass is 471 g/mol. The first-order chi connectivity index (χ1) is 16.3. The summed E-state index contributed by atoms with van der Waals surface area (Å²) >= 11 is 0. The Hall–Kier alpha value is -3.88. The van der Waals surface area contributed by atoms with Crippen LogP contribution in [-0.4, -0.2) is 35.0 Å². The first-order valence-electron chi connectivity index (χ1n) is 10.7. The number of esters is 1. The summed E-state index contributed by atoms with van der Waals surface area (Å²) in [5.41, 5.74) is 1.42. The fourth-order valence-corrected chi connectivity index (χ4v) is 3.17. The van der Waals surface area contributed by atoms with E-state index >= 15 is 0 Å². The summed E-state index contributed by atoms with van der Waals surface area (Å²) in [4.78, 5) is 30.6. The van der Waals surface area contributed by atoms with Crippen LogP contribution in [0.4, 0.5) is 23.7 Å². The number of pyridine rings is 1. The third-order valence-corrected chi connectivity index (χ3v) is 4.95. The van der Waals surface area contributed by atoms with Gasteiger partial charge in [-0.05, 0) is 61.0 Å². The van der Waals surface area contributed by atoms with Crippen LogP contribution in [0.1, 0.15) is 34.1 Å². The molecular formula is C25H24F3N3O3. The van der Waals surface area contributed by atoms with Gasteiger partial charge >= 0.3 is 18.2 Å². The number of carbonyl (C=O) groups is 2. The standard InChI is InChI=1S/C25H24F3N3O3/c1-2-34-23(32)19-8-12-22(13-9-19)30-24(33)31(16-14-21-5-3-4-15-29-21)17-18-6-10-20(11-7-18)25(26,27)28/h3-13,15H,2,14,16-17H2,1H3,(H,30,33). The number of nitrogens with one attached hydrogen (secondary N) is 1. The minimum absolute atomic E-state index is 0.109. The van der Waals surface area contributed by atoms with Gasteiger partial charge in [0.05, 0.1) is 17.7 Å². The second kappa shape index (κ2) is 11.3. The zero-order valence-corrected chi connectivity index (χ0v) is 18.5. The number of aromatic nitrogens is 1. The average molecular weight is 471 g/mol. The van der Waals surface area contributed by atoms with E-state index in [1.807, 2.05) is 12.1 Å². The van der Waals surface area contributed by atoms with Crippen molar-refractivity contribution in [3.63, 3.8) is 0 Å². The molecule has 0 saturated carbocycles. The number of benzene rings is 2. The molecule has 3 rings (SSSR count). The Morgan fingerprint density at radius 3 is 2.29 bits per heavy atom. The number of amides is 2. The first-order valence-corrected chi connectivity index (χ1v) is 10.7. The van der Waals surface area contributed by atoms with Crippen molar-refractivity contribution in [1.29, 1.82) is 0 Å². The number of halogens is 3. The van der Waals surface area contributed by atoms with Crippen LogP contribution in [0.25, 0.3) is 0 Å². The van der Waals surface area contributed by atoms with Crippen LogP contribution in [0.2, 0.25) is 0 Å². The van der Waals surface area contributed by atoms with E-state index in [-0.39, 0.29) is 13.2 Å². The lowest BCUT2D eigenvalue weighted by Gasteiger charge is -2.23. The predicted octanol–water partition coefficient (Wildman–Crippen LogP) is 5.55. The summed E-state index contributed by atoms with van der Waals surface area (Å²) in [5.74, 6) is -0.459. The molecule has 0 unspecified atom stereocenters. The van der Waals surface area contributed by atoms with E-state index in [2.05, 4.69) is 10.3 Å². The molecule has 0 aliphatic rings. The number of hydrogen-bond donors (Lipinski definition) is 1. The Morgan fingerprint density at radius 1 is 1.00 bits per heavy atom. The summed E-state index contributed by atoms with van der Waals surface area (Å²) in [6.45, 7) is 2.37. The van der Waals surface area contributed by atoms with E-state index in [1.165, 1.54) is 17.0 Å². The van der Waals surface area contributed by atoms with E-state index in [0.29, 0.717) is 29.8 Å². The van der Waals surface area contributed by atoms with Gasteiger partial charge < -0.3 is 15.0 Å². The number of urea groups is 1. The molecule has 2 aromatic carbocycles. The number of hydrogen-bond acceptors (Lipinski definition) is 4. The zero-order valence-electron chi connectivity index (χ0n) is 18.5. The molecule has 0 saturated heterocycles. The smallest absolute Gasteiger partial charge is 0.416 e. The summed E-state index contributed by atoms with van der Waals surface area (Å²) < 4.78 is 43.6. The minimum Gasteiger partial charge on any atom is -0.462 e. The van der Waals surface area contributed by atoms with Gasteiger partial charge in [0, 0.05) is 37.1 Å². The molecule has 0 radical (unpaired) electrons. The molecular weight excluding hydrogens is 447 g/mol. The lowest BCUT2D eigenvalue weighted by atomic mass is 10.1. The van der Waals surface area contributed by atoms with Gasteiger partial charge in [-0.1, -0.05) is 18.2 Å². The normalized spacial score (nSPS) is 11.1. The van der Waals surface area contributed by atoms with Crippen LogP contribution < -0.4 is 5.32 Å². The maximum Gasteiger partial charge on any atom is 0.416 e. The highest BCUT2D eigenvalue weighted by Crippen LogP contribution is 2.29. The molecule has 0 aliphatic carbocycles. The highest BCUT2D eigenvalue weighted by Gasteiger charge is 2.30. The molecule has 178 valence electrons. The van der Waals surface area contributed by atoms with Gasteiger partial charge in [0.25, 0.3) is 0 Å². The van der Waals surface area contributed by atoms with Crippen molar-refractivity contribution in [3.05, 3.63) is 95.3 Å². The van der Waals surface area contributed by atoms with Crippen molar-refractivity contribution in [2.45, 2.75) is 26.1 Å². The maximum absolute atomic E-state index is 13.0. The van der Waals surface area contributed by atoms with E-state index < -0.39 is 23.7 Å². The second-order valence-corrected chi connectivity index (χ2v) is 7.42. The third kappa shape index (κ3) is 7.06. The Morgan fingerprint density at radius 2 is 1.71 bits per heavy atom. The fourth-order valence-electron chi connectivity index (χ4n) is 3.17. The summed E-state index contributed by atoms with van der Waals surface area (Å²) in [6, 6.07) is 16.0. The van der Waals surface area contributed by atoms with Gasteiger partial charge in [0.2, 0.25) is 0 Å².